The molecule has 0 aliphatic heterocycles. The number of hydrogen-bond donors (Lipinski definition) is 1. The fourth-order valence-corrected chi connectivity index (χ4v) is 2.19. The molecule has 7 heteroatoms. The summed E-state index contributed by atoms with van der Waals surface area (Å²) in [7, 11) is 1.57. The summed E-state index contributed by atoms with van der Waals surface area (Å²) in [6.07, 6.45) is 1.50. The van der Waals surface area contributed by atoms with Gasteiger partial charge in [0, 0.05) is 5.56 Å². The molecule has 1 aromatic heterocycles. The highest BCUT2D eigenvalue weighted by Gasteiger charge is 2.18. The van der Waals surface area contributed by atoms with Crippen LogP contribution in [0.3, 0.4) is 0 Å². The van der Waals surface area contributed by atoms with Crippen molar-refractivity contribution in [1.82, 2.24) is 20.2 Å². The summed E-state index contributed by atoms with van der Waals surface area (Å²) >= 11 is 0. The maximum atomic E-state index is 11.7. The summed E-state index contributed by atoms with van der Waals surface area (Å²) < 4.78 is 6.31. The van der Waals surface area contributed by atoms with Crippen LogP contribution < -0.4 is 4.74 Å². The van der Waals surface area contributed by atoms with E-state index in [2.05, 4.69) is 15.5 Å². The van der Waals surface area contributed by atoms with E-state index in [1.54, 1.807) is 31.4 Å². The van der Waals surface area contributed by atoms with Crippen molar-refractivity contribution < 1.29 is 14.6 Å². The number of ether oxygens (including phenoxy) is 1. The molecular formula is C17H14N4O3. The Morgan fingerprint density at radius 2 is 1.83 bits per heavy atom. The maximum absolute atomic E-state index is 11.7. The van der Waals surface area contributed by atoms with E-state index >= 15 is 0 Å². The SMILES string of the molecule is COc1ccc(C=C(C(=O)O)n2nnnc2-c2ccccc2)cc1. The highest BCUT2D eigenvalue weighted by atomic mass is 16.5. The third kappa shape index (κ3) is 3.14. The molecule has 120 valence electrons. The summed E-state index contributed by atoms with van der Waals surface area (Å²) in [5, 5.41) is 20.9. The number of methoxy groups -OCH3 is 1. The normalized spacial score (nSPS) is 11.3. The smallest absolute Gasteiger partial charge is 0.354 e. The summed E-state index contributed by atoms with van der Waals surface area (Å²) in [5.41, 5.74) is 1.37. The van der Waals surface area contributed by atoms with Crippen LogP contribution in [0.15, 0.2) is 54.6 Å². The van der Waals surface area contributed by atoms with Crippen molar-refractivity contribution in [3.05, 3.63) is 60.2 Å². The molecule has 0 atom stereocenters. The molecule has 3 rings (SSSR count). The zero-order chi connectivity index (χ0) is 16.9. The number of hydrogen-bond acceptors (Lipinski definition) is 5. The molecule has 0 saturated carbocycles. The molecule has 24 heavy (non-hydrogen) atoms. The molecule has 7 nitrogen and oxygen atoms in total. The van der Waals surface area contributed by atoms with Crippen molar-refractivity contribution in [3.63, 3.8) is 0 Å². The molecule has 0 amide bonds. The Hall–Kier alpha value is -3.48. The molecule has 0 aliphatic rings. The monoisotopic (exact) mass is 322 g/mol. The molecule has 0 bridgehead atoms. The van der Waals surface area contributed by atoms with Crippen LogP contribution in [0.4, 0.5) is 0 Å². The fourth-order valence-electron chi connectivity index (χ4n) is 2.19. The third-order valence-electron chi connectivity index (χ3n) is 3.37. The van der Waals surface area contributed by atoms with Crippen LogP contribution in [0.2, 0.25) is 0 Å². The summed E-state index contributed by atoms with van der Waals surface area (Å²) in [6, 6.07) is 16.2. The van der Waals surface area contributed by atoms with Crippen LogP contribution in [-0.2, 0) is 4.79 Å². The molecule has 0 fully saturated rings. The number of carboxylic acid groups (broad SMARTS) is 1. The van der Waals surface area contributed by atoms with E-state index in [1.165, 1.54) is 10.8 Å². The second-order valence-corrected chi connectivity index (χ2v) is 4.89. The third-order valence-corrected chi connectivity index (χ3v) is 3.37. The first-order chi connectivity index (χ1) is 11.7. The molecule has 0 unspecified atom stereocenters. The van der Waals surface area contributed by atoms with E-state index in [-0.39, 0.29) is 5.70 Å². The van der Waals surface area contributed by atoms with Gasteiger partial charge in [0.1, 0.15) is 5.75 Å². The molecule has 0 spiro atoms. The minimum absolute atomic E-state index is 0.0518. The largest absolute Gasteiger partial charge is 0.497 e. The second kappa shape index (κ2) is 6.74. The number of rotatable bonds is 5. The summed E-state index contributed by atoms with van der Waals surface area (Å²) in [5.74, 6) is -0.0792. The number of nitrogens with zero attached hydrogens (tertiary/aromatic N) is 4. The highest BCUT2D eigenvalue weighted by Crippen LogP contribution is 2.21. The quantitative estimate of drug-likeness (QED) is 0.726. The number of aromatic nitrogens is 4. The van der Waals surface area contributed by atoms with Crippen molar-refractivity contribution in [3.8, 4) is 17.1 Å². The first-order valence-electron chi connectivity index (χ1n) is 7.12. The summed E-state index contributed by atoms with van der Waals surface area (Å²) in [4.78, 5) is 11.7. The molecule has 1 heterocycles. The maximum Gasteiger partial charge on any atom is 0.354 e. The standard InChI is InChI=1S/C17H14N4O3/c1-24-14-9-7-12(8-10-14)11-15(17(22)23)21-16(18-19-20-21)13-5-3-2-4-6-13/h2-11H,1H3,(H,22,23). The minimum Gasteiger partial charge on any atom is -0.497 e. The number of tetrazole rings is 1. The van der Waals surface area contributed by atoms with Crippen LogP contribution >= 0.6 is 0 Å². The van der Waals surface area contributed by atoms with E-state index < -0.39 is 5.97 Å². The number of carbonyl (C=O) groups is 1. The Bertz CT molecular complexity index is 870. The average molecular weight is 322 g/mol. The molecule has 0 radical (unpaired) electrons. The van der Waals surface area contributed by atoms with Gasteiger partial charge in [0.05, 0.1) is 7.11 Å². The van der Waals surface area contributed by atoms with Crippen molar-refractivity contribution in [2.45, 2.75) is 0 Å². The first-order valence-corrected chi connectivity index (χ1v) is 7.12. The predicted octanol–water partition coefficient (Wildman–Crippen LogP) is 2.43. The van der Waals surface area contributed by atoms with Crippen LogP contribution in [0.5, 0.6) is 5.75 Å². The molecule has 0 saturated heterocycles. The lowest BCUT2D eigenvalue weighted by Gasteiger charge is -2.06. The average Bonchev–Trinajstić information content (AvgIpc) is 3.10. The number of aliphatic carboxylic acids is 1. The van der Waals surface area contributed by atoms with E-state index in [0.29, 0.717) is 17.1 Å². The molecular weight excluding hydrogens is 308 g/mol. The highest BCUT2D eigenvalue weighted by molar-refractivity contribution is 6.14. The fraction of sp³-hybridized carbons (Fsp3) is 0.0588. The first kappa shape index (κ1) is 15.4. The lowest BCUT2D eigenvalue weighted by Crippen LogP contribution is -2.11. The van der Waals surface area contributed by atoms with Gasteiger partial charge in [-0.05, 0) is 34.2 Å². The Labute approximate surface area is 137 Å². The van der Waals surface area contributed by atoms with Gasteiger partial charge in [-0.1, -0.05) is 42.5 Å². The zero-order valence-corrected chi connectivity index (χ0v) is 12.8. The van der Waals surface area contributed by atoms with Gasteiger partial charge in [-0.2, -0.15) is 4.68 Å². The second-order valence-electron chi connectivity index (χ2n) is 4.89. The van der Waals surface area contributed by atoms with Crippen molar-refractivity contribution in [2.24, 2.45) is 0 Å². The Kier molecular flexibility index (Phi) is 4.33. The van der Waals surface area contributed by atoms with Gasteiger partial charge in [0.25, 0.3) is 0 Å². The predicted molar refractivity (Wildman–Crippen MR) is 88.0 cm³/mol. The Morgan fingerprint density at radius 1 is 1.12 bits per heavy atom. The Morgan fingerprint density at radius 3 is 2.46 bits per heavy atom. The van der Waals surface area contributed by atoms with Gasteiger partial charge in [-0.15, -0.1) is 5.10 Å². The van der Waals surface area contributed by atoms with Crippen molar-refractivity contribution in [2.75, 3.05) is 7.11 Å². The van der Waals surface area contributed by atoms with Gasteiger partial charge in [-0.25, -0.2) is 4.79 Å². The number of benzene rings is 2. The van der Waals surface area contributed by atoms with E-state index in [9.17, 15) is 9.90 Å². The molecule has 0 aliphatic carbocycles. The van der Waals surface area contributed by atoms with E-state index in [0.717, 1.165) is 5.56 Å². The number of carboxylic acids is 1. The van der Waals surface area contributed by atoms with Crippen LogP contribution in [0.25, 0.3) is 23.2 Å². The van der Waals surface area contributed by atoms with E-state index in [1.807, 2.05) is 30.3 Å². The lowest BCUT2D eigenvalue weighted by atomic mass is 10.1. The van der Waals surface area contributed by atoms with Gasteiger partial charge < -0.3 is 9.84 Å². The van der Waals surface area contributed by atoms with Crippen molar-refractivity contribution >= 4 is 17.7 Å². The lowest BCUT2D eigenvalue weighted by molar-refractivity contribution is -0.130. The van der Waals surface area contributed by atoms with Gasteiger partial charge in [0.15, 0.2) is 11.5 Å². The zero-order valence-electron chi connectivity index (χ0n) is 12.8. The molecule has 1 N–H and O–H groups in total. The Balaban J connectivity index is 2.05. The van der Waals surface area contributed by atoms with Crippen molar-refractivity contribution in [1.29, 1.82) is 0 Å². The topological polar surface area (TPSA) is 90.1 Å². The van der Waals surface area contributed by atoms with E-state index in [4.69, 9.17) is 4.74 Å². The minimum atomic E-state index is -1.13. The van der Waals surface area contributed by atoms with Crippen LogP contribution in [0.1, 0.15) is 5.56 Å². The van der Waals surface area contributed by atoms with Gasteiger partial charge in [0.2, 0.25) is 0 Å². The van der Waals surface area contributed by atoms with Crippen LogP contribution in [0, 0.1) is 0 Å². The molecule has 2 aromatic carbocycles. The molecule has 3 aromatic rings. The van der Waals surface area contributed by atoms with Gasteiger partial charge >= 0.3 is 5.97 Å². The summed E-state index contributed by atoms with van der Waals surface area (Å²) in [6.45, 7) is 0. The van der Waals surface area contributed by atoms with Gasteiger partial charge in [-0.3, -0.25) is 0 Å². The van der Waals surface area contributed by atoms with Crippen LogP contribution in [-0.4, -0.2) is 38.4 Å².